The number of nitrogen functional groups attached to an aromatic ring is 1. The number of nitriles is 1. The van der Waals surface area contributed by atoms with Crippen molar-refractivity contribution in [3.63, 3.8) is 0 Å². The molecule has 0 saturated carbocycles. The molecule has 96 valence electrons. The summed E-state index contributed by atoms with van der Waals surface area (Å²) in [5.74, 6) is 0.302. The highest BCUT2D eigenvalue weighted by Gasteiger charge is 2.17. The number of nitrogens with zero attached hydrogens (tertiary/aromatic N) is 2. The lowest BCUT2D eigenvalue weighted by Gasteiger charge is -2.15. The number of halogens is 1. The molecule has 0 bridgehead atoms. The van der Waals surface area contributed by atoms with E-state index in [-0.39, 0.29) is 0 Å². The van der Waals surface area contributed by atoms with Crippen molar-refractivity contribution in [2.75, 3.05) is 5.73 Å². The van der Waals surface area contributed by atoms with Gasteiger partial charge in [-0.15, -0.1) is 0 Å². The van der Waals surface area contributed by atoms with Crippen LogP contribution in [0.1, 0.15) is 23.7 Å². The Morgan fingerprint density at radius 1 is 1.37 bits per heavy atom. The quantitative estimate of drug-likeness (QED) is 0.915. The van der Waals surface area contributed by atoms with Crippen LogP contribution in [0.15, 0.2) is 28.7 Å². The minimum atomic E-state index is 0.302. The summed E-state index contributed by atoms with van der Waals surface area (Å²) in [6.45, 7) is 4.02. The number of benzene rings is 1. The fraction of sp³-hybridized carbons (Fsp3) is 0.200. The first-order chi connectivity index (χ1) is 9.10. The third kappa shape index (κ3) is 2.34. The van der Waals surface area contributed by atoms with E-state index in [0.29, 0.717) is 11.4 Å². The summed E-state index contributed by atoms with van der Waals surface area (Å²) in [4.78, 5) is 4.32. The van der Waals surface area contributed by atoms with E-state index in [1.807, 2.05) is 38.1 Å². The van der Waals surface area contributed by atoms with Crippen LogP contribution >= 0.6 is 15.9 Å². The standard InChI is InChI=1S/C15H14BrN3/c1-3-13-9(2)14(11(8-17)15(18)19-13)10-6-4-5-7-12(10)16/h4-7H,3H2,1-2H3,(H2,18,19). The first-order valence-electron chi connectivity index (χ1n) is 6.04. The van der Waals surface area contributed by atoms with Crippen molar-refractivity contribution >= 4 is 21.7 Å². The number of rotatable bonds is 2. The van der Waals surface area contributed by atoms with Gasteiger partial charge in [0.05, 0.1) is 0 Å². The average Bonchev–Trinajstić information content (AvgIpc) is 2.41. The molecule has 0 amide bonds. The maximum absolute atomic E-state index is 9.35. The van der Waals surface area contributed by atoms with Crippen molar-refractivity contribution in [1.29, 1.82) is 5.26 Å². The van der Waals surface area contributed by atoms with Gasteiger partial charge in [0.25, 0.3) is 0 Å². The first-order valence-corrected chi connectivity index (χ1v) is 6.83. The second-order valence-electron chi connectivity index (χ2n) is 4.26. The number of hydrogen-bond acceptors (Lipinski definition) is 3. The topological polar surface area (TPSA) is 62.7 Å². The zero-order valence-corrected chi connectivity index (χ0v) is 12.5. The van der Waals surface area contributed by atoms with Gasteiger partial charge in [0, 0.05) is 15.7 Å². The van der Waals surface area contributed by atoms with E-state index < -0.39 is 0 Å². The van der Waals surface area contributed by atoms with E-state index in [1.54, 1.807) is 0 Å². The lowest BCUT2D eigenvalue weighted by Crippen LogP contribution is -2.05. The molecule has 2 aromatic rings. The van der Waals surface area contributed by atoms with Crippen molar-refractivity contribution in [3.8, 4) is 17.2 Å². The SMILES string of the molecule is CCc1nc(N)c(C#N)c(-c2ccccc2Br)c1C. The van der Waals surface area contributed by atoms with Gasteiger partial charge in [-0.3, -0.25) is 0 Å². The van der Waals surface area contributed by atoms with E-state index >= 15 is 0 Å². The fourth-order valence-corrected chi connectivity index (χ4v) is 2.69. The summed E-state index contributed by atoms with van der Waals surface area (Å²) in [5.41, 5.74) is 10.2. The third-order valence-electron chi connectivity index (χ3n) is 3.16. The molecule has 4 heteroatoms. The Morgan fingerprint density at radius 3 is 2.63 bits per heavy atom. The minimum Gasteiger partial charge on any atom is -0.383 e. The number of anilines is 1. The molecule has 1 aromatic heterocycles. The van der Waals surface area contributed by atoms with Crippen molar-refractivity contribution < 1.29 is 0 Å². The molecule has 0 aliphatic rings. The summed E-state index contributed by atoms with van der Waals surface area (Å²) < 4.78 is 0.947. The van der Waals surface area contributed by atoms with Crippen molar-refractivity contribution in [2.24, 2.45) is 0 Å². The van der Waals surface area contributed by atoms with E-state index in [2.05, 4.69) is 27.0 Å². The predicted molar refractivity (Wildman–Crippen MR) is 80.6 cm³/mol. The summed E-state index contributed by atoms with van der Waals surface area (Å²) >= 11 is 3.53. The molecule has 3 nitrogen and oxygen atoms in total. The Kier molecular flexibility index (Phi) is 3.87. The summed E-state index contributed by atoms with van der Waals surface area (Å²) in [6, 6.07) is 10.0. The maximum atomic E-state index is 9.35. The minimum absolute atomic E-state index is 0.302. The van der Waals surface area contributed by atoms with Crippen molar-refractivity contribution in [3.05, 3.63) is 45.6 Å². The van der Waals surface area contributed by atoms with Gasteiger partial charge in [0.2, 0.25) is 0 Å². The van der Waals surface area contributed by atoms with Crippen LogP contribution in [0.25, 0.3) is 11.1 Å². The van der Waals surface area contributed by atoms with Gasteiger partial charge >= 0.3 is 0 Å². The molecular weight excluding hydrogens is 302 g/mol. The molecule has 0 saturated heterocycles. The van der Waals surface area contributed by atoms with Gasteiger partial charge in [0.1, 0.15) is 17.5 Å². The number of pyridine rings is 1. The van der Waals surface area contributed by atoms with E-state index in [1.165, 1.54) is 0 Å². The van der Waals surface area contributed by atoms with E-state index in [0.717, 1.165) is 33.3 Å². The third-order valence-corrected chi connectivity index (χ3v) is 3.85. The Morgan fingerprint density at radius 2 is 2.05 bits per heavy atom. The van der Waals surface area contributed by atoms with Crippen LogP contribution < -0.4 is 5.73 Å². The first kappa shape index (κ1) is 13.6. The number of nitrogens with two attached hydrogens (primary N) is 1. The van der Waals surface area contributed by atoms with Crippen LogP contribution in [0.2, 0.25) is 0 Å². The molecule has 0 spiro atoms. The van der Waals surface area contributed by atoms with Gasteiger partial charge in [0.15, 0.2) is 0 Å². The average molecular weight is 316 g/mol. The molecule has 1 heterocycles. The highest BCUT2D eigenvalue weighted by atomic mass is 79.9. The molecule has 1 aromatic carbocycles. The lowest BCUT2D eigenvalue weighted by atomic mass is 9.94. The number of aryl methyl sites for hydroxylation is 1. The van der Waals surface area contributed by atoms with E-state index in [9.17, 15) is 5.26 Å². The zero-order valence-electron chi connectivity index (χ0n) is 10.9. The molecule has 0 aliphatic carbocycles. The van der Waals surface area contributed by atoms with Crippen LogP contribution in [-0.4, -0.2) is 4.98 Å². The van der Waals surface area contributed by atoms with Crippen LogP contribution in [0.5, 0.6) is 0 Å². The number of hydrogen-bond donors (Lipinski definition) is 1. The summed E-state index contributed by atoms with van der Waals surface area (Å²) in [6.07, 6.45) is 0.791. The van der Waals surface area contributed by atoms with Gasteiger partial charge in [-0.2, -0.15) is 5.26 Å². The predicted octanol–water partition coefficient (Wildman–Crippen LogP) is 3.84. The molecular formula is C15H14BrN3. The zero-order chi connectivity index (χ0) is 14.0. The summed E-state index contributed by atoms with van der Waals surface area (Å²) in [7, 11) is 0. The molecule has 2 N–H and O–H groups in total. The van der Waals surface area contributed by atoms with Crippen LogP contribution in [0, 0.1) is 18.3 Å². The van der Waals surface area contributed by atoms with E-state index in [4.69, 9.17) is 5.73 Å². The van der Waals surface area contributed by atoms with Crippen LogP contribution in [0.4, 0.5) is 5.82 Å². The highest BCUT2D eigenvalue weighted by molar-refractivity contribution is 9.10. The van der Waals surface area contributed by atoms with Gasteiger partial charge < -0.3 is 5.73 Å². The Bertz CT molecular complexity index is 671. The second kappa shape index (κ2) is 5.41. The fourth-order valence-electron chi connectivity index (χ4n) is 2.20. The Hall–Kier alpha value is -1.86. The molecule has 0 radical (unpaired) electrons. The normalized spacial score (nSPS) is 10.2. The Labute approximate surface area is 121 Å². The van der Waals surface area contributed by atoms with Crippen LogP contribution in [0.3, 0.4) is 0 Å². The Balaban J connectivity index is 2.86. The molecule has 2 rings (SSSR count). The van der Waals surface area contributed by atoms with Crippen molar-refractivity contribution in [2.45, 2.75) is 20.3 Å². The molecule has 0 atom stereocenters. The monoisotopic (exact) mass is 315 g/mol. The van der Waals surface area contributed by atoms with Gasteiger partial charge in [-0.1, -0.05) is 41.1 Å². The van der Waals surface area contributed by atoms with Gasteiger partial charge in [-0.05, 0) is 30.5 Å². The van der Waals surface area contributed by atoms with Gasteiger partial charge in [-0.25, -0.2) is 4.98 Å². The molecule has 0 aliphatic heterocycles. The highest BCUT2D eigenvalue weighted by Crippen LogP contribution is 2.35. The van der Waals surface area contributed by atoms with Crippen LogP contribution in [-0.2, 0) is 6.42 Å². The molecule has 0 fully saturated rings. The molecule has 19 heavy (non-hydrogen) atoms. The largest absolute Gasteiger partial charge is 0.383 e. The van der Waals surface area contributed by atoms with Crippen molar-refractivity contribution in [1.82, 2.24) is 4.98 Å². The lowest BCUT2D eigenvalue weighted by molar-refractivity contribution is 1.01. The maximum Gasteiger partial charge on any atom is 0.142 e. The smallest absolute Gasteiger partial charge is 0.142 e. The molecule has 0 unspecified atom stereocenters. The summed E-state index contributed by atoms with van der Waals surface area (Å²) in [5, 5.41) is 9.35. The number of aromatic nitrogens is 1. The second-order valence-corrected chi connectivity index (χ2v) is 5.12.